The number of hydrogen-bond acceptors (Lipinski definition) is 5. The van der Waals surface area contributed by atoms with Gasteiger partial charge in [-0.05, 0) is 13.8 Å². The number of aromatic amines is 1. The first-order valence-electron chi connectivity index (χ1n) is 5.30. The van der Waals surface area contributed by atoms with Gasteiger partial charge in [-0.3, -0.25) is 10.1 Å². The van der Waals surface area contributed by atoms with Crippen LogP contribution in [0.15, 0.2) is 6.33 Å². The Balaban J connectivity index is 2.19. The number of H-pyrrole nitrogens is 1. The molecule has 0 unspecified atom stereocenters. The number of nitrogens with zero attached hydrogens (tertiary/aromatic N) is 3. The van der Waals surface area contributed by atoms with Gasteiger partial charge in [-0.15, -0.1) is 0 Å². The van der Waals surface area contributed by atoms with Gasteiger partial charge in [0.2, 0.25) is 11.9 Å². The Kier molecular flexibility index (Phi) is 3.18. The Morgan fingerprint density at radius 3 is 2.94 bits per heavy atom. The highest BCUT2D eigenvalue weighted by molar-refractivity contribution is 6.33. The van der Waals surface area contributed by atoms with Crippen molar-refractivity contribution >= 4 is 34.6 Å². The standard InChI is InChI=1S/C10H13ClN6O/c1-10(2,12)3-5(18)15-9-16-7(11)6-8(17-9)14-4-13-6/h4H,3,12H2,1-2H3,(H2,13,14,15,16,17,18). The van der Waals surface area contributed by atoms with Crippen LogP contribution in [0, 0.1) is 0 Å². The molecule has 0 aromatic carbocycles. The average Bonchev–Trinajstić information content (AvgIpc) is 2.62. The maximum Gasteiger partial charge on any atom is 0.233 e. The van der Waals surface area contributed by atoms with Gasteiger partial charge in [0.1, 0.15) is 5.52 Å². The number of nitrogens with two attached hydrogens (primary N) is 1. The lowest BCUT2D eigenvalue weighted by atomic mass is 10.0. The molecule has 2 heterocycles. The Morgan fingerprint density at radius 1 is 1.56 bits per heavy atom. The number of carbonyl (C=O) groups is 1. The number of anilines is 1. The highest BCUT2D eigenvalue weighted by atomic mass is 35.5. The first-order chi connectivity index (χ1) is 8.35. The molecule has 0 aliphatic carbocycles. The summed E-state index contributed by atoms with van der Waals surface area (Å²) in [5.41, 5.74) is 6.09. The van der Waals surface area contributed by atoms with Gasteiger partial charge in [0.25, 0.3) is 0 Å². The van der Waals surface area contributed by atoms with Gasteiger partial charge >= 0.3 is 0 Å². The second-order valence-electron chi connectivity index (χ2n) is 4.65. The Bertz CT molecular complexity index is 588. The van der Waals surface area contributed by atoms with Gasteiger partial charge in [0.05, 0.1) is 6.33 Å². The SMILES string of the molecule is CC(C)(N)CC(=O)Nc1nc(Cl)c2[nH]cnc2n1. The van der Waals surface area contributed by atoms with Gasteiger partial charge in [0, 0.05) is 12.0 Å². The molecule has 0 aliphatic heterocycles. The summed E-state index contributed by atoms with van der Waals surface area (Å²) in [7, 11) is 0. The molecule has 8 heteroatoms. The second-order valence-corrected chi connectivity index (χ2v) is 5.01. The van der Waals surface area contributed by atoms with E-state index in [-0.39, 0.29) is 23.4 Å². The number of aromatic nitrogens is 4. The van der Waals surface area contributed by atoms with E-state index in [0.29, 0.717) is 11.2 Å². The average molecular weight is 269 g/mol. The topological polar surface area (TPSA) is 110 Å². The van der Waals surface area contributed by atoms with E-state index in [0.717, 1.165) is 0 Å². The molecular formula is C10H13ClN6O. The normalized spacial score (nSPS) is 11.8. The summed E-state index contributed by atoms with van der Waals surface area (Å²) in [5, 5.41) is 2.75. The van der Waals surface area contributed by atoms with Crippen LogP contribution in [-0.2, 0) is 4.79 Å². The number of carbonyl (C=O) groups excluding carboxylic acids is 1. The smallest absolute Gasteiger partial charge is 0.233 e. The van der Waals surface area contributed by atoms with Crippen molar-refractivity contribution in [2.75, 3.05) is 5.32 Å². The lowest BCUT2D eigenvalue weighted by Gasteiger charge is -2.16. The van der Waals surface area contributed by atoms with Crippen molar-refractivity contribution in [1.82, 2.24) is 19.9 Å². The maximum absolute atomic E-state index is 11.7. The molecule has 0 fully saturated rings. The zero-order chi connectivity index (χ0) is 13.3. The molecule has 2 rings (SSSR count). The monoisotopic (exact) mass is 268 g/mol. The van der Waals surface area contributed by atoms with E-state index in [4.69, 9.17) is 17.3 Å². The summed E-state index contributed by atoms with van der Waals surface area (Å²) in [4.78, 5) is 26.4. The first kappa shape index (κ1) is 12.7. The summed E-state index contributed by atoms with van der Waals surface area (Å²) in [6.45, 7) is 3.52. The number of rotatable bonds is 3. The molecule has 0 saturated heterocycles. The summed E-state index contributed by atoms with van der Waals surface area (Å²) >= 11 is 5.92. The molecule has 96 valence electrons. The highest BCUT2D eigenvalue weighted by Gasteiger charge is 2.18. The molecule has 0 aliphatic rings. The van der Waals surface area contributed by atoms with E-state index in [1.54, 1.807) is 13.8 Å². The zero-order valence-electron chi connectivity index (χ0n) is 9.99. The van der Waals surface area contributed by atoms with Crippen molar-refractivity contribution in [3.05, 3.63) is 11.5 Å². The number of halogens is 1. The predicted molar refractivity (Wildman–Crippen MR) is 68.2 cm³/mol. The van der Waals surface area contributed by atoms with Crippen LogP contribution in [0.5, 0.6) is 0 Å². The quantitative estimate of drug-likeness (QED) is 0.722. The molecule has 0 saturated carbocycles. The van der Waals surface area contributed by atoms with Crippen molar-refractivity contribution in [1.29, 1.82) is 0 Å². The van der Waals surface area contributed by atoms with E-state index in [9.17, 15) is 4.79 Å². The Hall–Kier alpha value is -1.73. The summed E-state index contributed by atoms with van der Waals surface area (Å²) < 4.78 is 0. The Morgan fingerprint density at radius 2 is 2.28 bits per heavy atom. The van der Waals surface area contributed by atoms with Crippen LogP contribution in [-0.4, -0.2) is 31.4 Å². The fourth-order valence-corrected chi connectivity index (χ4v) is 1.66. The van der Waals surface area contributed by atoms with Crippen molar-refractivity contribution in [2.45, 2.75) is 25.8 Å². The maximum atomic E-state index is 11.7. The number of amides is 1. The van der Waals surface area contributed by atoms with Crippen molar-refractivity contribution < 1.29 is 4.79 Å². The minimum absolute atomic E-state index is 0.119. The number of hydrogen-bond donors (Lipinski definition) is 3. The van der Waals surface area contributed by atoms with Crippen LogP contribution in [0.1, 0.15) is 20.3 Å². The van der Waals surface area contributed by atoms with Crippen LogP contribution in [0.4, 0.5) is 5.95 Å². The van der Waals surface area contributed by atoms with Crippen molar-refractivity contribution in [2.24, 2.45) is 5.73 Å². The fourth-order valence-electron chi connectivity index (χ4n) is 1.44. The third-order valence-corrected chi connectivity index (χ3v) is 2.38. The minimum Gasteiger partial charge on any atom is -0.341 e. The molecule has 18 heavy (non-hydrogen) atoms. The van der Waals surface area contributed by atoms with E-state index in [1.165, 1.54) is 6.33 Å². The molecule has 7 nitrogen and oxygen atoms in total. The lowest BCUT2D eigenvalue weighted by molar-refractivity contribution is -0.117. The van der Waals surface area contributed by atoms with Crippen LogP contribution in [0.2, 0.25) is 5.15 Å². The Labute approximate surface area is 108 Å². The van der Waals surface area contributed by atoms with E-state index in [1.807, 2.05) is 0 Å². The number of imidazole rings is 1. The zero-order valence-corrected chi connectivity index (χ0v) is 10.7. The van der Waals surface area contributed by atoms with E-state index >= 15 is 0 Å². The van der Waals surface area contributed by atoms with Gasteiger partial charge in [0.15, 0.2) is 10.8 Å². The summed E-state index contributed by atoms with van der Waals surface area (Å²) in [5.74, 6) is -0.151. The third-order valence-electron chi connectivity index (χ3n) is 2.11. The predicted octanol–water partition coefficient (Wildman–Crippen LogP) is 1.07. The van der Waals surface area contributed by atoms with Crippen LogP contribution in [0.25, 0.3) is 11.2 Å². The summed E-state index contributed by atoms with van der Waals surface area (Å²) in [6.07, 6.45) is 1.62. The lowest BCUT2D eigenvalue weighted by Crippen LogP contribution is -2.36. The molecule has 0 radical (unpaired) electrons. The molecule has 0 atom stereocenters. The second kappa shape index (κ2) is 4.51. The van der Waals surface area contributed by atoms with Gasteiger partial charge in [-0.2, -0.15) is 9.97 Å². The number of nitrogens with one attached hydrogen (secondary N) is 2. The molecule has 2 aromatic heterocycles. The minimum atomic E-state index is -0.593. The van der Waals surface area contributed by atoms with Crippen LogP contribution < -0.4 is 11.1 Å². The van der Waals surface area contributed by atoms with Crippen molar-refractivity contribution in [3.8, 4) is 0 Å². The highest BCUT2D eigenvalue weighted by Crippen LogP contribution is 2.18. The molecule has 0 bridgehead atoms. The van der Waals surface area contributed by atoms with Crippen LogP contribution >= 0.6 is 11.6 Å². The molecule has 1 amide bonds. The first-order valence-corrected chi connectivity index (χ1v) is 5.68. The van der Waals surface area contributed by atoms with Gasteiger partial charge in [-0.25, -0.2) is 4.98 Å². The van der Waals surface area contributed by atoms with E-state index < -0.39 is 5.54 Å². The van der Waals surface area contributed by atoms with Crippen LogP contribution in [0.3, 0.4) is 0 Å². The molecule has 2 aromatic rings. The largest absolute Gasteiger partial charge is 0.341 e. The fraction of sp³-hybridized carbons (Fsp3) is 0.400. The summed E-state index contributed by atoms with van der Waals surface area (Å²) in [6, 6.07) is 0. The van der Waals surface area contributed by atoms with E-state index in [2.05, 4.69) is 25.3 Å². The molecule has 0 spiro atoms. The van der Waals surface area contributed by atoms with Gasteiger partial charge in [-0.1, -0.05) is 11.6 Å². The third kappa shape index (κ3) is 2.93. The molecule has 4 N–H and O–H groups in total. The molecular weight excluding hydrogens is 256 g/mol. The number of fused-ring (bicyclic) bond motifs is 1. The van der Waals surface area contributed by atoms with Crippen molar-refractivity contribution in [3.63, 3.8) is 0 Å². The van der Waals surface area contributed by atoms with Gasteiger partial charge < -0.3 is 10.7 Å².